The van der Waals surface area contributed by atoms with E-state index >= 15 is 0 Å². The summed E-state index contributed by atoms with van der Waals surface area (Å²) in [6, 6.07) is 13.7. The van der Waals surface area contributed by atoms with Crippen molar-refractivity contribution >= 4 is 21.7 Å². The van der Waals surface area contributed by atoms with Gasteiger partial charge in [0.15, 0.2) is 0 Å². The molecule has 0 N–H and O–H groups in total. The third-order valence-electron chi connectivity index (χ3n) is 4.05. The van der Waals surface area contributed by atoms with E-state index in [4.69, 9.17) is 4.74 Å². The van der Waals surface area contributed by atoms with Crippen molar-refractivity contribution in [2.24, 2.45) is 0 Å². The number of rotatable bonds is 5. The molecule has 2 heterocycles. The number of pyridine rings is 1. The van der Waals surface area contributed by atoms with E-state index < -0.39 is 0 Å². The Balaban J connectivity index is 1.46. The van der Waals surface area contributed by atoms with Gasteiger partial charge >= 0.3 is 0 Å². The second-order valence-corrected chi connectivity index (χ2v) is 6.54. The van der Waals surface area contributed by atoms with Gasteiger partial charge in [0.05, 0.1) is 5.56 Å². The summed E-state index contributed by atoms with van der Waals surface area (Å²) in [6.45, 7) is 5.22. The summed E-state index contributed by atoms with van der Waals surface area (Å²) in [6.07, 6.45) is 1.74. The van der Waals surface area contributed by atoms with Crippen LogP contribution in [0.3, 0.4) is 0 Å². The van der Waals surface area contributed by atoms with Crippen molar-refractivity contribution in [1.82, 2.24) is 9.88 Å². The van der Waals surface area contributed by atoms with E-state index in [1.54, 1.807) is 12.3 Å². The van der Waals surface area contributed by atoms with Crippen LogP contribution < -0.4 is 9.64 Å². The third kappa shape index (κ3) is 4.25. The van der Waals surface area contributed by atoms with Crippen LogP contribution in [0.25, 0.3) is 0 Å². The number of piperazine rings is 1. The summed E-state index contributed by atoms with van der Waals surface area (Å²) in [5.74, 6) is 1.68. The normalized spacial score (nSPS) is 15.1. The van der Waals surface area contributed by atoms with Crippen LogP contribution in [0.15, 0.2) is 47.1 Å². The highest BCUT2D eigenvalue weighted by molar-refractivity contribution is 9.10. The van der Waals surface area contributed by atoms with Gasteiger partial charge in [-0.05, 0) is 30.3 Å². The van der Waals surface area contributed by atoms with Crippen molar-refractivity contribution in [2.75, 3.05) is 44.2 Å². The zero-order chi connectivity index (χ0) is 16.8. The molecule has 1 aliphatic heterocycles. The number of hydrogen-bond acceptors (Lipinski definition) is 5. The predicted molar refractivity (Wildman–Crippen MR) is 97.2 cm³/mol. The number of halogens is 1. The number of nitrogens with zero attached hydrogens (tertiary/aromatic N) is 4. The highest BCUT2D eigenvalue weighted by Gasteiger charge is 2.19. The molecular formula is C18H19BrN4O. The van der Waals surface area contributed by atoms with Crippen LogP contribution in [0.2, 0.25) is 0 Å². The maximum Gasteiger partial charge on any atom is 0.146 e. The van der Waals surface area contributed by atoms with E-state index in [0.29, 0.717) is 12.2 Å². The van der Waals surface area contributed by atoms with E-state index in [2.05, 4.69) is 36.8 Å². The Labute approximate surface area is 150 Å². The lowest BCUT2D eigenvalue weighted by Crippen LogP contribution is -2.48. The third-order valence-corrected chi connectivity index (χ3v) is 4.54. The van der Waals surface area contributed by atoms with Gasteiger partial charge < -0.3 is 9.64 Å². The predicted octanol–water partition coefficient (Wildman–Crippen LogP) is 2.92. The van der Waals surface area contributed by atoms with Crippen molar-refractivity contribution in [1.29, 1.82) is 5.26 Å². The van der Waals surface area contributed by atoms with Gasteiger partial charge in [0.25, 0.3) is 0 Å². The molecule has 124 valence electrons. The Morgan fingerprint density at radius 2 is 2.00 bits per heavy atom. The van der Waals surface area contributed by atoms with E-state index in [1.165, 1.54) is 0 Å². The summed E-state index contributed by atoms with van der Waals surface area (Å²) < 4.78 is 6.82. The standard InChI is InChI=1S/C18H19BrN4O/c19-16-4-1-5-17(13-16)24-12-11-22-7-9-23(10-8-22)18-15(14-20)3-2-6-21-18/h1-6,13H,7-12H2. The summed E-state index contributed by atoms with van der Waals surface area (Å²) >= 11 is 3.45. The maximum absolute atomic E-state index is 9.20. The first-order valence-electron chi connectivity index (χ1n) is 7.97. The highest BCUT2D eigenvalue weighted by Crippen LogP contribution is 2.19. The fourth-order valence-electron chi connectivity index (χ4n) is 2.77. The van der Waals surface area contributed by atoms with Crippen LogP contribution in [0.4, 0.5) is 5.82 Å². The molecule has 0 radical (unpaired) electrons. The fraction of sp³-hybridized carbons (Fsp3) is 0.333. The zero-order valence-electron chi connectivity index (χ0n) is 13.4. The summed E-state index contributed by atoms with van der Waals surface area (Å²) in [5, 5.41) is 9.20. The number of ether oxygens (including phenoxy) is 1. The molecule has 0 amide bonds. The van der Waals surface area contributed by atoms with Gasteiger partial charge in [0, 0.05) is 43.4 Å². The number of benzene rings is 1. The van der Waals surface area contributed by atoms with Gasteiger partial charge in [-0.3, -0.25) is 4.90 Å². The largest absolute Gasteiger partial charge is 0.492 e. The monoisotopic (exact) mass is 386 g/mol. The average Bonchev–Trinajstić information content (AvgIpc) is 2.62. The van der Waals surface area contributed by atoms with Crippen molar-refractivity contribution in [3.8, 4) is 11.8 Å². The van der Waals surface area contributed by atoms with E-state index in [0.717, 1.165) is 48.8 Å². The first-order chi connectivity index (χ1) is 11.8. The molecule has 0 unspecified atom stereocenters. The molecule has 5 nitrogen and oxygen atoms in total. The van der Waals surface area contributed by atoms with E-state index in [-0.39, 0.29) is 0 Å². The lowest BCUT2D eigenvalue weighted by atomic mass is 10.2. The molecule has 1 aliphatic rings. The molecular weight excluding hydrogens is 368 g/mol. The quantitative estimate of drug-likeness (QED) is 0.790. The second kappa shape index (κ2) is 8.13. The van der Waals surface area contributed by atoms with Gasteiger partial charge in [-0.2, -0.15) is 5.26 Å². The van der Waals surface area contributed by atoms with Crippen molar-refractivity contribution in [2.45, 2.75) is 0 Å². The van der Waals surface area contributed by atoms with Crippen molar-refractivity contribution < 1.29 is 4.74 Å². The maximum atomic E-state index is 9.20. The molecule has 1 saturated heterocycles. The molecule has 0 bridgehead atoms. The Morgan fingerprint density at radius 3 is 2.75 bits per heavy atom. The number of hydrogen-bond donors (Lipinski definition) is 0. The molecule has 0 spiro atoms. The first-order valence-corrected chi connectivity index (χ1v) is 8.76. The summed E-state index contributed by atoms with van der Waals surface area (Å²) in [4.78, 5) is 8.93. The van der Waals surface area contributed by atoms with E-state index in [1.807, 2.05) is 30.3 Å². The Morgan fingerprint density at radius 1 is 1.17 bits per heavy atom. The van der Waals surface area contributed by atoms with Crippen molar-refractivity contribution in [3.05, 3.63) is 52.6 Å². The van der Waals surface area contributed by atoms with Gasteiger partial charge in [-0.25, -0.2) is 4.98 Å². The van der Waals surface area contributed by atoms with Crippen LogP contribution in [0.5, 0.6) is 5.75 Å². The fourth-order valence-corrected chi connectivity index (χ4v) is 3.15. The minimum atomic E-state index is 0.643. The number of aromatic nitrogens is 1. The van der Waals surface area contributed by atoms with E-state index in [9.17, 15) is 5.26 Å². The lowest BCUT2D eigenvalue weighted by Gasteiger charge is -2.35. The minimum Gasteiger partial charge on any atom is -0.492 e. The van der Waals surface area contributed by atoms with Gasteiger partial charge in [0.2, 0.25) is 0 Å². The molecule has 1 aromatic heterocycles. The Kier molecular flexibility index (Phi) is 5.68. The molecule has 6 heteroatoms. The molecule has 0 aliphatic carbocycles. The molecule has 0 atom stereocenters. The van der Waals surface area contributed by atoms with Gasteiger partial charge in [0.1, 0.15) is 24.2 Å². The number of anilines is 1. The van der Waals surface area contributed by atoms with Crippen molar-refractivity contribution in [3.63, 3.8) is 0 Å². The summed E-state index contributed by atoms with van der Waals surface area (Å²) in [5.41, 5.74) is 0.643. The van der Waals surface area contributed by atoms with Gasteiger partial charge in [-0.1, -0.05) is 22.0 Å². The molecule has 3 rings (SSSR count). The molecule has 1 fully saturated rings. The first kappa shape index (κ1) is 16.7. The second-order valence-electron chi connectivity index (χ2n) is 5.62. The topological polar surface area (TPSA) is 52.4 Å². The minimum absolute atomic E-state index is 0.643. The Bertz CT molecular complexity index is 723. The zero-order valence-corrected chi connectivity index (χ0v) is 14.9. The van der Waals surface area contributed by atoms with Gasteiger partial charge in [-0.15, -0.1) is 0 Å². The van der Waals surface area contributed by atoms with Crippen LogP contribution >= 0.6 is 15.9 Å². The molecule has 24 heavy (non-hydrogen) atoms. The smallest absolute Gasteiger partial charge is 0.146 e. The van der Waals surface area contributed by atoms with Crippen LogP contribution in [-0.4, -0.2) is 49.2 Å². The van der Waals surface area contributed by atoms with Crippen LogP contribution in [0, 0.1) is 11.3 Å². The lowest BCUT2D eigenvalue weighted by molar-refractivity contribution is 0.200. The van der Waals surface area contributed by atoms with Crippen LogP contribution in [0.1, 0.15) is 5.56 Å². The number of nitriles is 1. The average molecular weight is 387 g/mol. The molecule has 1 aromatic carbocycles. The van der Waals surface area contributed by atoms with Crippen LogP contribution in [-0.2, 0) is 0 Å². The SMILES string of the molecule is N#Cc1cccnc1N1CCN(CCOc2cccc(Br)c2)CC1. The molecule has 2 aromatic rings. The highest BCUT2D eigenvalue weighted by atomic mass is 79.9. The Hall–Kier alpha value is -2.10. The molecule has 0 saturated carbocycles. The summed E-state index contributed by atoms with van der Waals surface area (Å²) in [7, 11) is 0.